The van der Waals surface area contributed by atoms with Gasteiger partial charge in [0.15, 0.2) is 0 Å². The highest BCUT2D eigenvalue weighted by Crippen LogP contribution is 2.34. The molecule has 0 heterocycles. The standard InChI is InChI=1S/C14H16F2N2O3/c15-10-3-2-9(11(16)6-10)8-17-13(21)18-14(4-1-5-14)7-12(19)20/h2-3,6H,1,4-5,7-8H2,(H,19,20)(H2,17,18,21). The third-order valence-electron chi connectivity index (χ3n) is 3.63. The van der Waals surface area contributed by atoms with Crippen molar-refractivity contribution in [2.24, 2.45) is 0 Å². The molecule has 21 heavy (non-hydrogen) atoms. The predicted molar refractivity (Wildman–Crippen MR) is 70.6 cm³/mol. The van der Waals surface area contributed by atoms with Gasteiger partial charge in [0.2, 0.25) is 0 Å². The first kappa shape index (κ1) is 15.2. The second kappa shape index (κ2) is 6.07. The van der Waals surface area contributed by atoms with Crippen LogP contribution in [0.3, 0.4) is 0 Å². The number of carbonyl (C=O) groups excluding carboxylic acids is 1. The maximum Gasteiger partial charge on any atom is 0.315 e. The molecule has 7 heteroatoms. The number of amides is 2. The van der Waals surface area contributed by atoms with Crippen LogP contribution in [0.2, 0.25) is 0 Å². The Bertz CT molecular complexity index is 559. The number of aliphatic carboxylic acids is 1. The summed E-state index contributed by atoms with van der Waals surface area (Å²) >= 11 is 0. The molecule has 5 nitrogen and oxygen atoms in total. The zero-order chi connectivity index (χ0) is 15.5. The smallest absolute Gasteiger partial charge is 0.315 e. The molecule has 0 aliphatic heterocycles. The van der Waals surface area contributed by atoms with Gasteiger partial charge in [0.05, 0.1) is 12.0 Å². The quantitative estimate of drug-likeness (QED) is 0.779. The summed E-state index contributed by atoms with van der Waals surface area (Å²) in [5, 5.41) is 13.9. The highest BCUT2D eigenvalue weighted by molar-refractivity contribution is 5.77. The lowest BCUT2D eigenvalue weighted by Crippen LogP contribution is -2.57. The molecule has 1 aromatic carbocycles. The average Bonchev–Trinajstić information content (AvgIpc) is 2.34. The van der Waals surface area contributed by atoms with Crippen LogP contribution in [0.5, 0.6) is 0 Å². The summed E-state index contributed by atoms with van der Waals surface area (Å²) < 4.78 is 26.1. The van der Waals surface area contributed by atoms with Gasteiger partial charge in [-0.25, -0.2) is 13.6 Å². The zero-order valence-corrected chi connectivity index (χ0v) is 11.3. The van der Waals surface area contributed by atoms with Gasteiger partial charge in [-0.1, -0.05) is 6.07 Å². The van der Waals surface area contributed by atoms with E-state index in [4.69, 9.17) is 5.11 Å². The van der Waals surface area contributed by atoms with E-state index in [0.717, 1.165) is 18.6 Å². The van der Waals surface area contributed by atoms with Crippen LogP contribution in [0.4, 0.5) is 13.6 Å². The van der Waals surface area contributed by atoms with Gasteiger partial charge in [0.1, 0.15) is 11.6 Å². The summed E-state index contributed by atoms with van der Waals surface area (Å²) in [7, 11) is 0. The summed E-state index contributed by atoms with van der Waals surface area (Å²) in [6.45, 7) is -0.0961. The van der Waals surface area contributed by atoms with E-state index in [-0.39, 0.29) is 18.5 Å². The van der Waals surface area contributed by atoms with Crippen molar-refractivity contribution in [1.29, 1.82) is 0 Å². The van der Waals surface area contributed by atoms with E-state index in [0.29, 0.717) is 12.8 Å². The number of hydrogen-bond acceptors (Lipinski definition) is 2. The summed E-state index contributed by atoms with van der Waals surface area (Å²) in [5.74, 6) is -2.39. The lowest BCUT2D eigenvalue weighted by Gasteiger charge is -2.41. The van der Waals surface area contributed by atoms with E-state index in [9.17, 15) is 18.4 Å². The molecule has 2 rings (SSSR count). The molecule has 1 fully saturated rings. The number of rotatable bonds is 5. The summed E-state index contributed by atoms with van der Waals surface area (Å²) in [6, 6.07) is 2.55. The molecule has 114 valence electrons. The van der Waals surface area contributed by atoms with Crippen LogP contribution in [0.1, 0.15) is 31.2 Å². The Morgan fingerprint density at radius 3 is 2.52 bits per heavy atom. The molecule has 2 amide bonds. The normalized spacial score (nSPS) is 15.9. The van der Waals surface area contributed by atoms with Crippen LogP contribution in [-0.4, -0.2) is 22.6 Å². The molecule has 1 aliphatic carbocycles. The minimum atomic E-state index is -0.973. The minimum absolute atomic E-state index is 0.0961. The van der Waals surface area contributed by atoms with E-state index in [1.807, 2.05) is 0 Å². The molecule has 1 saturated carbocycles. The fourth-order valence-corrected chi connectivity index (χ4v) is 2.36. The first-order valence-corrected chi connectivity index (χ1v) is 6.62. The van der Waals surface area contributed by atoms with Gasteiger partial charge in [0, 0.05) is 18.2 Å². The molecule has 0 unspecified atom stereocenters. The van der Waals surface area contributed by atoms with E-state index < -0.39 is 29.2 Å². The highest BCUT2D eigenvalue weighted by Gasteiger charge is 2.40. The number of carbonyl (C=O) groups is 2. The Labute approximate surface area is 120 Å². The maximum atomic E-state index is 13.4. The maximum absolute atomic E-state index is 13.4. The lowest BCUT2D eigenvalue weighted by molar-refractivity contribution is -0.139. The zero-order valence-electron chi connectivity index (χ0n) is 11.3. The first-order valence-electron chi connectivity index (χ1n) is 6.62. The van der Waals surface area contributed by atoms with E-state index >= 15 is 0 Å². The molecule has 1 aromatic rings. The van der Waals surface area contributed by atoms with Crippen molar-refractivity contribution >= 4 is 12.0 Å². The molecular weight excluding hydrogens is 282 g/mol. The van der Waals surface area contributed by atoms with Crippen molar-refractivity contribution in [1.82, 2.24) is 10.6 Å². The van der Waals surface area contributed by atoms with Crippen LogP contribution in [-0.2, 0) is 11.3 Å². The third kappa shape index (κ3) is 3.90. The van der Waals surface area contributed by atoms with Gasteiger partial charge in [-0.2, -0.15) is 0 Å². The van der Waals surface area contributed by atoms with Crippen molar-refractivity contribution in [3.63, 3.8) is 0 Å². The van der Waals surface area contributed by atoms with Crippen LogP contribution in [0, 0.1) is 11.6 Å². The summed E-state index contributed by atoms with van der Waals surface area (Å²) in [6.07, 6.45) is 1.95. The van der Waals surface area contributed by atoms with Crippen LogP contribution >= 0.6 is 0 Å². The van der Waals surface area contributed by atoms with Gasteiger partial charge in [-0.05, 0) is 25.3 Å². The minimum Gasteiger partial charge on any atom is -0.481 e. The van der Waals surface area contributed by atoms with Gasteiger partial charge in [0.25, 0.3) is 0 Å². The lowest BCUT2D eigenvalue weighted by atomic mass is 9.74. The number of carboxylic acids is 1. The van der Waals surface area contributed by atoms with Crippen LogP contribution in [0.25, 0.3) is 0 Å². The Morgan fingerprint density at radius 1 is 1.29 bits per heavy atom. The number of benzene rings is 1. The van der Waals surface area contributed by atoms with Gasteiger partial charge in [-0.3, -0.25) is 4.79 Å². The fraction of sp³-hybridized carbons (Fsp3) is 0.429. The predicted octanol–water partition coefficient (Wildman–Crippen LogP) is 2.16. The van der Waals surface area contributed by atoms with E-state index in [1.54, 1.807) is 0 Å². The van der Waals surface area contributed by atoms with Crippen LogP contribution < -0.4 is 10.6 Å². The topological polar surface area (TPSA) is 78.4 Å². The molecule has 0 radical (unpaired) electrons. The molecule has 1 aliphatic rings. The van der Waals surface area contributed by atoms with E-state index in [1.165, 1.54) is 6.07 Å². The summed E-state index contributed by atoms with van der Waals surface area (Å²) in [5.41, 5.74) is -0.551. The van der Waals surface area contributed by atoms with Crippen molar-refractivity contribution in [3.05, 3.63) is 35.4 Å². The molecule has 0 bridgehead atoms. The largest absolute Gasteiger partial charge is 0.481 e. The number of halogens is 2. The number of carboxylic acid groups (broad SMARTS) is 1. The Balaban J connectivity index is 1.88. The van der Waals surface area contributed by atoms with Crippen molar-refractivity contribution in [3.8, 4) is 0 Å². The highest BCUT2D eigenvalue weighted by atomic mass is 19.1. The average molecular weight is 298 g/mol. The monoisotopic (exact) mass is 298 g/mol. The van der Waals surface area contributed by atoms with Crippen molar-refractivity contribution in [2.75, 3.05) is 0 Å². The second-order valence-electron chi connectivity index (χ2n) is 5.25. The fourth-order valence-electron chi connectivity index (χ4n) is 2.36. The molecule has 0 spiro atoms. The van der Waals surface area contributed by atoms with Gasteiger partial charge in [-0.15, -0.1) is 0 Å². The Morgan fingerprint density at radius 2 is 2.00 bits per heavy atom. The van der Waals surface area contributed by atoms with Crippen molar-refractivity contribution < 1.29 is 23.5 Å². The molecule has 0 aromatic heterocycles. The number of nitrogens with one attached hydrogen (secondary N) is 2. The number of hydrogen-bond donors (Lipinski definition) is 3. The number of urea groups is 1. The van der Waals surface area contributed by atoms with Crippen molar-refractivity contribution in [2.45, 2.75) is 37.8 Å². The molecule has 3 N–H and O–H groups in total. The Kier molecular flexibility index (Phi) is 4.40. The van der Waals surface area contributed by atoms with E-state index in [2.05, 4.69) is 10.6 Å². The molecule has 0 atom stereocenters. The van der Waals surface area contributed by atoms with Gasteiger partial charge < -0.3 is 15.7 Å². The first-order chi connectivity index (χ1) is 9.90. The third-order valence-corrected chi connectivity index (χ3v) is 3.63. The SMILES string of the molecule is O=C(O)CC1(NC(=O)NCc2ccc(F)cc2F)CCC1. The van der Waals surface area contributed by atoms with Gasteiger partial charge >= 0.3 is 12.0 Å². The molecular formula is C14H16F2N2O3. The molecule has 0 saturated heterocycles. The van der Waals surface area contributed by atoms with Crippen LogP contribution in [0.15, 0.2) is 18.2 Å². The summed E-state index contributed by atoms with van der Waals surface area (Å²) in [4.78, 5) is 22.6. The Hall–Kier alpha value is -2.18. The second-order valence-corrected chi connectivity index (χ2v) is 5.25.